The van der Waals surface area contributed by atoms with Crippen molar-refractivity contribution in [3.8, 4) is 0 Å². The van der Waals surface area contributed by atoms with E-state index in [9.17, 15) is 13.2 Å². The predicted molar refractivity (Wildman–Crippen MR) is 77.6 cm³/mol. The van der Waals surface area contributed by atoms with E-state index in [0.717, 1.165) is 29.7 Å². The molecule has 0 bridgehead atoms. The second-order valence-electron chi connectivity index (χ2n) is 5.10. The summed E-state index contributed by atoms with van der Waals surface area (Å²) < 4.78 is 40.1. The van der Waals surface area contributed by atoms with Crippen molar-refractivity contribution in [2.24, 2.45) is 0 Å². The van der Waals surface area contributed by atoms with Crippen molar-refractivity contribution in [1.29, 1.82) is 0 Å². The molecule has 0 amide bonds. The first-order valence-electron chi connectivity index (χ1n) is 6.97. The lowest BCUT2D eigenvalue weighted by atomic mass is 9.97. The Morgan fingerprint density at radius 1 is 1.00 bits per heavy atom. The van der Waals surface area contributed by atoms with Gasteiger partial charge in [-0.05, 0) is 43.1 Å². The van der Waals surface area contributed by atoms with Gasteiger partial charge in [-0.1, -0.05) is 36.8 Å². The molecule has 0 saturated carbocycles. The second kappa shape index (κ2) is 6.76. The van der Waals surface area contributed by atoms with Crippen LogP contribution in [0, 0.1) is 24.4 Å². The van der Waals surface area contributed by atoms with Gasteiger partial charge in [-0.25, -0.2) is 13.2 Å². The quantitative estimate of drug-likeness (QED) is 0.800. The molecule has 0 fully saturated rings. The van der Waals surface area contributed by atoms with Crippen LogP contribution in [-0.2, 0) is 0 Å². The zero-order valence-corrected chi connectivity index (χ0v) is 12.1. The minimum atomic E-state index is -1.43. The minimum Gasteiger partial charge on any atom is -0.306 e. The monoisotopic (exact) mass is 293 g/mol. The molecular weight excluding hydrogens is 275 g/mol. The van der Waals surface area contributed by atoms with Gasteiger partial charge in [-0.15, -0.1) is 0 Å². The van der Waals surface area contributed by atoms with E-state index in [1.165, 1.54) is 0 Å². The summed E-state index contributed by atoms with van der Waals surface area (Å²) in [6, 6.07) is 9.41. The third kappa shape index (κ3) is 3.64. The number of rotatable bonds is 5. The zero-order chi connectivity index (χ0) is 15.4. The van der Waals surface area contributed by atoms with Gasteiger partial charge in [-0.2, -0.15) is 0 Å². The van der Waals surface area contributed by atoms with Gasteiger partial charge in [0.15, 0.2) is 17.5 Å². The molecule has 0 heterocycles. The van der Waals surface area contributed by atoms with Crippen LogP contribution in [-0.4, -0.2) is 6.54 Å². The maximum atomic E-state index is 13.5. The highest BCUT2D eigenvalue weighted by molar-refractivity contribution is 5.34. The van der Waals surface area contributed by atoms with Crippen LogP contribution in [0.3, 0.4) is 0 Å². The van der Waals surface area contributed by atoms with Crippen molar-refractivity contribution in [3.05, 3.63) is 70.5 Å². The van der Waals surface area contributed by atoms with Crippen LogP contribution >= 0.6 is 0 Å². The van der Waals surface area contributed by atoms with Crippen LogP contribution in [0.15, 0.2) is 36.4 Å². The highest BCUT2D eigenvalue weighted by atomic mass is 19.2. The molecule has 0 aromatic heterocycles. The molecule has 1 atom stereocenters. The van der Waals surface area contributed by atoms with E-state index in [1.807, 2.05) is 38.1 Å². The van der Waals surface area contributed by atoms with Crippen molar-refractivity contribution < 1.29 is 13.2 Å². The van der Waals surface area contributed by atoms with Gasteiger partial charge in [0.1, 0.15) is 0 Å². The lowest BCUT2D eigenvalue weighted by molar-refractivity contribution is 0.442. The Bertz CT molecular complexity index is 602. The summed E-state index contributed by atoms with van der Waals surface area (Å²) in [5.74, 6) is -3.76. The molecule has 0 aliphatic carbocycles. The van der Waals surface area contributed by atoms with Gasteiger partial charge in [0.2, 0.25) is 0 Å². The Kier molecular flexibility index (Phi) is 5.02. The summed E-state index contributed by atoms with van der Waals surface area (Å²) in [6.07, 6.45) is 0.883. The van der Waals surface area contributed by atoms with E-state index < -0.39 is 17.5 Å². The lowest BCUT2D eigenvalue weighted by Gasteiger charge is -2.20. The van der Waals surface area contributed by atoms with E-state index in [4.69, 9.17) is 0 Å². The Balaban J connectivity index is 2.45. The number of halogens is 3. The van der Waals surface area contributed by atoms with Crippen molar-refractivity contribution in [1.82, 2.24) is 5.32 Å². The Labute approximate surface area is 122 Å². The molecule has 0 spiro atoms. The van der Waals surface area contributed by atoms with Gasteiger partial charge in [0.05, 0.1) is 6.04 Å². The first-order chi connectivity index (χ1) is 10.0. The molecule has 0 saturated heterocycles. The molecule has 1 nitrogen and oxygen atoms in total. The van der Waals surface area contributed by atoms with Gasteiger partial charge in [-0.3, -0.25) is 0 Å². The molecule has 2 rings (SSSR count). The molecule has 112 valence electrons. The molecule has 21 heavy (non-hydrogen) atoms. The third-order valence-electron chi connectivity index (χ3n) is 3.31. The van der Waals surface area contributed by atoms with Crippen molar-refractivity contribution >= 4 is 0 Å². The Morgan fingerprint density at radius 2 is 1.67 bits per heavy atom. The number of hydrogen-bond acceptors (Lipinski definition) is 1. The minimum absolute atomic E-state index is 0.366. The third-order valence-corrected chi connectivity index (χ3v) is 3.31. The zero-order valence-electron chi connectivity index (χ0n) is 12.1. The number of nitrogens with one attached hydrogen (secondary N) is 1. The molecule has 0 aliphatic rings. The smallest absolute Gasteiger partial charge is 0.194 e. The average molecular weight is 293 g/mol. The summed E-state index contributed by atoms with van der Waals surface area (Å²) in [5, 5.41) is 3.25. The normalized spacial score (nSPS) is 12.4. The number of hydrogen-bond donors (Lipinski definition) is 1. The number of benzene rings is 2. The van der Waals surface area contributed by atoms with Crippen molar-refractivity contribution in [3.63, 3.8) is 0 Å². The molecule has 4 heteroatoms. The summed E-state index contributed by atoms with van der Waals surface area (Å²) in [6.45, 7) is 4.65. The van der Waals surface area contributed by atoms with Gasteiger partial charge in [0.25, 0.3) is 0 Å². The van der Waals surface area contributed by atoms with Crippen LogP contribution in [0.25, 0.3) is 0 Å². The van der Waals surface area contributed by atoms with E-state index in [2.05, 4.69) is 5.32 Å². The van der Waals surface area contributed by atoms with E-state index in [0.29, 0.717) is 12.1 Å². The van der Waals surface area contributed by atoms with Gasteiger partial charge < -0.3 is 5.32 Å². The Hall–Kier alpha value is -1.81. The SMILES string of the molecule is CCCNC(c1cccc(C)c1)c1cc(F)c(F)c(F)c1. The topological polar surface area (TPSA) is 12.0 Å². The van der Waals surface area contributed by atoms with Crippen LogP contribution in [0.4, 0.5) is 13.2 Å². The van der Waals surface area contributed by atoms with Gasteiger partial charge >= 0.3 is 0 Å². The first kappa shape index (κ1) is 15.6. The van der Waals surface area contributed by atoms with E-state index >= 15 is 0 Å². The van der Waals surface area contributed by atoms with Crippen LogP contribution in [0.5, 0.6) is 0 Å². The molecule has 0 aliphatic heterocycles. The number of aryl methyl sites for hydroxylation is 1. The fourth-order valence-electron chi connectivity index (χ4n) is 2.31. The highest BCUT2D eigenvalue weighted by Crippen LogP contribution is 2.25. The molecule has 2 aromatic carbocycles. The molecule has 2 aromatic rings. The van der Waals surface area contributed by atoms with E-state index in [1.54, 1.807) is 0 Å². The van der Waals surface area contributed by atoms with Crippen molar-refractivity contribution in [2.75, 3.05) is 6.54 Å². The first-order valence-corrected chi connectivity index (χ1v) is 6.97. The summed E-state index contributed by atoms with van der Waals surface area (Å²) in [5.41, 5.74) is 2.33. The average Bonchev–Trinajstić information content (AvgIpc) is 2.45. The largest absolute Gasteiger partial charge is 0.306 e. The van der Waals surface area contributed by atoms with E-state index in [-0.39, 0.29) is 6.04 Å². The summed E-state index contributed by atoms with van der Waals surface area (Å²) >= 11 is 0. The molecule has 1 N–H and O–H groups in total. The Morgan fingerprint density at radius 3 is 2.24 bits per heavy atom. The highest BCUT2D eigenvalue weighted by Gasteiger charge is 2.18. The maximum absolute atomic E-state index is 13.5. The molecular formula is C17H18F3N. The van der Waals surface area contributed by atoms with Crippen molar-refractivity contribution in [2.45, 2.75) is 26.3 Å². The fraction of sp³-hybridized carbons (Fsp3) is 0.294. The lowest BCUT2D eigenvalue weighted by Crippen LogP contribution is -2.23. The molecule has 0 radical (unpaired) electrons. The summed E-state index contributed by atoms with van der Waals surface area (Å²) in [4.78, 5) is 0. The predicted octanol–water partition coefficient (Wildman–Crippen LogP) is 4.50. The second-order valence-corrected chi connectivity index (χ2v) is 5.10. The van der Waals surface area contributed by atoms with Crippen LogP contribution < -0.4 is 5.32 Å². The van der Waals surface area contributed by atoms with Crippen LogP contribution in [0.1, 0.15) is 36.1 Å². The maximum Gasteiger partial charge on any atom is 0.194 e. The summed E-state index contributed by atoms with van der Waals surface area (Å²) in [7, 11) is 0. The molecule has 1 unspecified atom stereocenters. The van der Waals surface area contributed by atoms with Gasteiger partial charge in [0, 0.05) is 0 Å². The fourth-order valence-corrected chi connectivity index (χ4v) is 2.31. The van der Waals surface area contributed by atoms with Crippen LogP contribution in [0.2, 0.25) is 0 Å². The standard InChI is InChI=1S/C17H18F3N/c1-3-7-21-17(12-6-4-5-11(2)8-12)13-9-14(18)16(20)15(19)10-13/h4-6,8-10,17,21H,3,7H2,1-2H3.